The summed E-state index contributed by atoms with van der Waals surface area (Å²) in [6.07, 6.45) is 2.82. The van der Waals surface area contributed by atoms with Crippen molar-refractivity contribution in [3.63, 3.8) is 0 Å². The molecule has 1 fully saturated rings. The summed E-state index contributed by atoms with van der Waals surface area (Å²) < 4.78 is 11.6. The van der Waals surface area contributed by atoms with E-state index in [1.165, 1.54) is 11.3 Å². The van der Waals surface area contributed by atoms with Crippen LogP contribution in [0.2, 0.25) is 0 Å². The molecule has 0 unspecified atom stereocenters. The Balaban J connectivity index is 2.01. The molecule has 2 aromatic rings. The molecule has 0 saturated carbocycles. The minimum atomic E-state index is 0.410. The Labute approximate surface area is 96.2 Å². The van der Waals surface area contributed by atoms with E-state index < -0.39 is 0 Å². The SMILES string of the molecule is O=Cc1cc2onc(C3CCOCC3)c2s1. The zero-order chi connectivity index (χ0) is 11.0. The van der Waals surface area contributed by atoms with Crippen LogP contribution in [0.4, 0.5) is 0 Å². The minimum Gasteiger partial charge on any atom is -0.381 e. The highest BCUT2D eigenvalue weighted by atomic mass is 32.1. The lowest BCUT2D eigenvalue weighted by Gasteiger charge is -2.19. The molecule has 0 spiro atoms. The molecule has 1 saturated heterocycles. The number of nitrogens with zero attached hydrogens (tertiary/aromatic N) is 1. The Kier molecular flexibility index (Phi) is 2.49. The van der Waals surface area contributed by atoms with Crippen LogP contribution in [-0.2, 0) is 4.74 Å². The van der Waals surface area contributed by atoms with Crippen molar-refractivity contribution in [3.8, 4) is 0 Å². The first-order valence-electron chi connectivity index (χ1n) is 5.30. The van der Waals surface area contributed by atoms with Crippen molar-refractivity contribution in [2.45, 2.75) is 18.8 Å². The third kappa shape index (κ3) is 1.56. The van der Waals surface area contributed by atoms with Gasteiger partial charge in [0.1, 0.15) is 5.69 Å². The zero-order valence-corrected chi connectivity index (χ0v) is 9.46. The zero-order valence-electron chi connectivity index (χ0n) is 8.64. The molecule has 0 radical (unpaired) electrons. The summed E-state index contributed by atoms with van der Waals surface area (Å²) in [6.45, 7) is 1.57. The second kappa shape index (κ2) is 3.99. The largest absolute Gasteiger partial charge is 0.381 e. The maximum atomic E-state index is 10.7. The highest BCUT2D eigenvalue weighted by Crippen LogP contribution is 2.35. The number of hydrogen-bond acceptors (Lipinski definition) is 5. The molecule has 1 aliphatic heterocycles. The smallest absolute Gasteiger partial charge is 0.178 e. The molecule has 3 rings (SSSR count). The van der Waals surface area contributed by atoms with Crippen LogP contribution in [0.1, 0.15) is 34.1 Å². The van der Waals surface area contributed by atoms with E-state index in [2.05, 4.69) is 5.16 Å². The maximum absolute atomic E-state index is 10.7. The van der Waals surface area contributed by atoms with Gasteiger partial charge in [-0.05, 0) is 12.8 Å². The molecule has 0 aromatic carbocycles. The summed E-state index contributed by atoms with van der Waals surface area (Å²) in [7, 11) is 0. The summed E-state index contributed by atoms with van der Waals surface area (Å²) in [5, 5.41) is 4.12. The van der Waals surface area contributed by atoms with Gasteiger partial charge in [-0.3, -0.25) is 4.79 Å². The molecule has 0 bridgehead atoms. The van der Waals surface area contributed by atoms with Crippen LogP contribution in [-0.4, -0.2) is 24.7 Å². The van der Waals surface area contributed by atoms with E-state index >= 15 is 0 Å². The van der Waals surface area contributed by atoms with Crippen molar-refractivity contribution in [1.29, 1.82) is 0 Å². The van der Waals surface area contributed by atoms with E-state index in [1.54, 1.807) is 6.07 Å². The lowest BCUT2D eigenvalue weighted by molar-refractivity contribution is 0.0841. The lowest BCUT2D eigenvalue weighted by atomic mass is 9.97. The number of carbonyl (C=O) groups is 1. The molecule has 3 heterocycles. The second-order valence-electron chi connectivity index (χ2n) is 3.91. The van der Waals surface area contributed by atoms with Gasteiger partial charge in [-0.2, -0.15) is 0 Å². The minimum absolute atomic E-state index is 0.410. The van der Waals surface area contributed by atoms with Gasteiger partial charge in [-0.15, -0.1) is 11.3 Å². The van der Waals surface area contributed by atoms with Gasteiger partial charge >= 0.3 is 0 Å². The topological polar surface area (TPSA) is 52.3 Å². The average molecular weight is 237 g/mol. The van der Waals surface area contributed by atoms with Crippen molar-refractivity contribution in [2.75, 3.05) is 13.2 Å². The standard InChI is InChI=1S/C11H11NO3S/c13-6-8-5-9-11(16-8)10(12-15-9)7-1-3-14-4-2-7/h5-7H,1-4H2. The number of thiophene rings is 1. The van der Waals surface area contributed by atoms with E-state index in [0.717, 1.165) is 48.3 Å². The summed E-state index contributed by atoms with van der Waals surface area (Å²) in [5.41, 5.74) is 1.73. The molecule has 2 aromatic heterocycles. The van der Waals surface area contributed by atoms with E-state index in [9.17, 15) is 4.79 Å². The predicted octanol–water partition coefficient (Wildman–Crippen LogP) is 2.60. The van der Waals surface area contributed by atoms with Crippen LogP contribution in [0.3, 0.4) is 0 Å². The molecule has 16 heavy (non-hydrogen) atoms. The molecular weight excluding hydrogens is 226 g/mol. The molecule has 4 nitrogen and oxygen atoms in total. The third-order valence-corrected chi connectivity index (χ3v) is 3.98. The van der Waals surface area contributed by atoms with Crippen molar-refractivity contribution < 1.29 is 14.1 Å². The molecule has 5 heteroatoms. The Morgan fingerprint density at radius 1 is 1.44 bits per heavy atom. The number of rotatable bonds is 2. The number of aldehydes is 1. The van der Waals surface area contributed by atoms with Gasteiger partial charge in [-0.25, -0.2) is 0 Å². The summed E-state index contributed by atoms with van der Waals surface area (Å²) in [5.74, 6) is 0.410. The molecule has 0 atom stereocenters. The maximum Gasteiger partial charge on any atom is 0.178 e. The number of carbonyl (C=O) groups excluding carboxylic acids is 1. The van der Waals surface area contributed by atoms with E-state index in [-0.39, 0.29) is 0 Å². The quantitative estimate of drug-likeness (QED) is 0.753. The number of fused-ring (bicyclic) bond motifs is 1. The van der Waals surface area contributed by atoms with E-state index in [0.29, 0.717) is 10.8 Å². The summed E-state index contributed by atoms with van der Waals surface area (Å²) in [4.78, 5) is 11.4. The van der Waals surface area contributed by atoms with Crippen molar-refractivity contribution >= 4 is 27.9 Å². The van der Waals surface area contributed by atoms with Crippen LogP contribution in [0.5, 0.6) is 0 Å². The van der Waals surface area contributed by atoms with Crippen molar-refractivity contribution in [2.24, 2.45) is 0 Å². The second-order valence-corrected chi connectivity index (χ2v) is 5.00. The average Bonchev–Trinajstić information content (AvgIpc) is 2.88. The summed E-state index contributed by atoms with van der Waals surface area (Å²) >= 11 is 1.46. The van der Waals surface area contributed by atoms with Gasteiger partial charge in [0, 0.05) is 25.2 Å². The highest BCUT2D eigenvalue weighted by Gasteiger charge is 2.23. The number of aromatic nitrogens is 1. The van der Waals surface area contributed by atoms with Crippen LogP contribution in [0.25, 0.3) is 10.3 Å². The van der Waals surface area contributed by atoms with Gasteiger partial charge in [0.25, 0.3) is 0 Å². The fourth-order valence-corrected chi connectivity index (χ4v) is 3.02. The Hall–Kier alpha value is -1.20. The first-order valence-corrected chi connectivity index (χ1v) is 6.12. The van der Waals surface area contributed by atoms with Crippen LogP contribution in [0, 0.1) is 0 Å². The lowest BCUT2D eigenvalue weighted by Crippen LogP contribution is -2.14. The predicted molar refractivity (Wildman–Crippen MR) is 60.1 cm³/mol. The fraction of sp³-hybridized carbons (Fsp3) is 0.455. The summed E-state index contributed by atoms with van der Waals surface area (Å²) in [6, 6.07) is 1.75. The van der Waals surface area contributed by atoms with Gasteiger partial charge in [-0.1, -0.05) is 5.16 Å². The van der Waals surface area contributed by atoms with Crippen molar-refractivity contribution in [3.05, 3.63) is 16.6 Å². The number of hydrogen-bond donors (Lipinski definition) is 0. The number of ether oxygens (including phenoxy) is 1. The molecule has 0 aliphatic carbocycles. The first kappa shape index (κ1) is 9.99. The van der Waals surface area contributed by atoms with E-state index in [4.69, 9.17) is 9.26 Å². The molecular formula is C11H11NO3S. The first-order chi connectivity index (χ1) is 7.88. The molecule has 1 aliphatic rings. The van der Waals surface area contributed by atoms with Crippen molar-refractivity contribution in [1.82, 2.24) is 5.16 Å². The molecule has 0 amide bonds. The van der Waals surface area contributed by atoms with Crippen LogP contribution < -0.4 is 0 Å². The Morgan fingerprint density at radius 2 is 2.25 bits per heavy atom. The normalized spacial score (nSPS) is 18.0. The van der Waals surface area contributed by atoms with E-state index in [1.807, 2.05) is 0 Å². The Bertz CT molecular complexity index is 510. The van der Waals surface area contributed by atoms with Gasteiger partial charge < -0.3 is 9.26 Å². The van der Waals surface area contributed by atoms with Gasteiger partial charge in [0.2, 0.25) is 0 Å². The van der Waals surface area contributed by atoms with Crippen LogP contribution in [0.15, 0.2) is 10.6 Å². The Morgan fingerprint density at radius 3 is 3.00 bits per heavy atom. The highest BCUT2D eigenvalue weighted by molar-refractivity contribution is 7.20. The fourth-order valence-electron chi connectivity index (χ4n) is 2.07. The molecule has 84 valence electrons. The van der Waals surface area contributed by atoms with Crippen LogP contribution >= 0.6 is 11.3 Å². The third-order valence-electron chi connectivity index (χ3n) is 2.92. The van der Waals surface area contributed by atoms with Gasteiger partial charge in [0.05, 0.1) is 9.58 Å². The molecule has 0 N–H and O–H groups in total. The monoisotopic (exact) mass is 237 g/mol. The van der Waals surface area contributed by atoms with Gasteiger partial charge in [0.15, 0.2) is 11.9 Å².